The zero-order chi connectivity index (χ0) is 85.2. The maximum Gasteiger partial charge on any atom is 0.336 e. The SMILES string of the molecule is Cc1c(NC(=O)CCc2ccc(O)c(O)c2O)cccc1C(=O)O.Cc1c(NC(=O)Cc2ccc(O)c(O)c2O)cccc1C(=O)O.O=C(CCc1ccc(O)c(O)c1O)Nc1cccc(C(=O)O)c1.O=C(Cc1ccc(O)c(O)c1O)Nc1cccc(C(=O)O)c1.O=C(O)Cc1cccc(NC(=O)Cc2ccc(O)c(O)c2O)c1. The van der Waals surface area contributed by atoms with Crippen molar-refractivity contribution < 1.29 is 150 Å². The third-order valence-corrected chi connectivity index (χ3v) is 16.4. The van der Waals surface area contributed by atoms with Crippen LogP contribution in [0.5, 0.6) is 86.2 Å². The topological polar surface area (TPSA) is 635 Å². The van der Waals surface area contributed by atoms with E-state index in [1.165, 1.54) is 115 Å². The largest absolute Gasteiger partial charge is 0.504 e. The van der Waals surface area contributed by atoms with E-state index < -0.39 is 134 Å². The molecule has 5 amide bonds. The molecule has 0 spiro atoms. The minimum atomic E-state index is -1.11. The second-order valence-corrected chi connectivity index (χ2v) is 24.6. The van der Waals surface area contributed by atoms with Crippen LogP contribution in [-0.4, -0.2) is 162 Å². The van der Waals surface area contributed by atoms with Gasteiger partial charge in [0.05, 0.1) is 47.9 Å². The van der Waals surface area contributed by atoms with E-state index in [0.29, 0.717) is 56.3 Å². The van der Waals surface area contributed by atoms with Gasteiger partial charge >= 0.3 is 29.8 Å². The average Bonchev–Trinajstić information content (AvgIpc) is 0.816. The molecule has 0 heterocycles. The van der Waals surface area contributed by atoms with Gasteiger partial charge in [-0.1, -0.05) is 66.7 Å². The smallest absolute Gasteiger partial charge is 0.336 e. The summed E-state index contributed by atoms with van der Waals surface area (Å²) in [5.41, 5.74) is 4.53. The molecular weight excluding hydrogens is 1510 g/mol. The number of benzene rings is 10. The van der Waals surface area contributed by atoms with Gasteiger partial charge in [0, 0.05) is 58.0 Å². The second-order valence-electron chi connectivity index (χ2n) is 24.6. The Labute approximate surface area is 650 Å². The number of carboxylic acids is 5. The van der Waals surface area contributed by atoms with E-state index in [1.807, 2.05) is 0 Å². The van der Waals surface area contributed by atoms with Crippen LogP contribution in [0.3, 0.4) is 0 Å². The van der Waals surface area contributed by atoms with Gasteiger partial charge in [0.1, 0.15) is 0 Å². The summed E-state index contributed by atoms with van der Waals surface area (Å²) in [6.45, 7) is 3.17. The van der Waals surface area contributed by atoms with Gasteiger partial charge in [-0.2, -0.15) is 0 Å². The summed E-state index contributed by atoms with van der Waals surface area (Å²) in [4.78, 5) is 114. The Kier molecular flexibility index (Phi) is 30.8. The van der Waals surface area contributed by atoms with Gasteiger partial charge < -0.3 is 129 Å². The lowest BCUT2D eigenvalue weighted by Gasteiger charge is -2.11. The van der Waals surface area contributed by atoms with E-state index in [0.717, 1.165) is 12.1 Å². The normalized spacial score (nSPS) is 10.3. The molecule has 10 aromatic rings. The van der Waals surface area contributed by atoms with Crippen LogP contribution >= 0.6 is 0 Å². The van der Waals surface area contributed by atoms with Gasteiger partial charge in [-0.3, -0.25) is 28.8 Å². The Morgan fingerprint density at radius 3 is 0.878 bits per heavy atom. The van der Waals surface area contributed by atoms with Crippen molar-refractivity contribution in [2.75, 3.05) is 26.6 Å². The molecule has 0 unspecified atom stereocenters. The minimum absolute atomic E-state index is 0.00845. The first-order chi connectivity index (χ1) is 54.2. The molecule has 25 N–H and O–H groups in total. The molecule has 0 radical (unpaired) electrons. The summed E-state index contributed by atoms with van der Waals surface area (Å²) in [5, 5.41) is 199. The number of aromatic hydroxyl groups is 15. The number of carbonyl (C=O) groups excluding carboxylic acids is 5. The number of hydrogen-bond donors (Lipinski definition) is 25. The first-order valence-electron chi connectivity index (χ1n) is 33.5. The van der Waals surface area contributed by atoms with Gasteiger partial charge in [0.2, 0.25) is 58.3 Å². The molecule has 115 heavy (non-hydrogen) atoms. The third kappa shape index (κ3) is 25.2. The first kappa shape index (κ1) is 87.8. The summed E-state index contributed by atoms with van der Waals surface area (Å²) in [6.07, 6.45) is -0.580. The molecule has 35 heteroatoms. The maximum atomic E-state index is 12.0. The summed E-state index contributed by atoms with van der Waals surface area (Å²) in [6, 6.07) is 39.7. The van der Waals surface area contributed by atoms with Crippen LogP contribution in [0.2, 0.25) is 0 Å². The summed E-state index contributed by atoms with van der Waals surface area (Å²) in [7, 11) is 0. The van der Waals surface area contributed by atoms with Crippen molar-refractivity contribution in [3.05, 3.63) is 237 Å². The van der Waals surface area contributed by atoms with Crippen molar-refractivity contribution in [3.8, 4) is 86.2 Å². The fourth-order valence-corrected chi connectivity index (χ4v) is 10.3. The number of aliphatic carboxylic acids is 1. The van der Waals surface area contributed by atoms with Crippen LogP contribution in [-0.2, 0) is 67.3 Å². The highest BCUT2D eigenvalue weighted by Crippen LogP contribution is 2.42. The molecule has 0 aromatic heterocycles. The molecule has 0 fully saturated rings. The molecule has 0 saturated carbocycles. The zero-order valence-corrected chi connectivity index (χ0v) is 60.3. The van der Waals surface area contributed by atoms with E-state index in [-0.39, 0.29) is 102 Å². The summed E-state index contributed by atoms with van der Waals surface area (Å²) in [5.74, 6) is -15.9. The van der Waals surface area contributed by atoms with Crippen LogP contribution in [0.4, 0.5) is 28.4 Å². The van der Waals surface area contributed by atoms with Crippen molar-refractivity contribution in [1.29, 1.82) is 0 Å². The minimum Gasteiger partial charge on any atom is -0.504 e. The molecule has 0 aliphatic heterocycles. The fourth-order valence-electron chi connectivity index (χ4n) is 10.3. The number of amides is 5. The van der Waals surface area contributed by atoms with Crippen LogP contribution in [0, 0.1) is 13.8 Å². The second kappa shape index (κ2) is 40.4. The van der Waals surface area contributed by atoms with E-state index in [2.05, 4.69) is 26.6 Å². The lowest BCUT2D eigenvalue weighted by Crippen LogP contribution is -2.16. The van der Waals surface area contributed by atoms with Crippen molar-refractivity contribution >= 4 is 87.8 Å². The lowest BCUT2D eigenvalue weighted by molar-refractivity contribution is -0.136. The van der Waals surface area contributed by atoms with Gasteiger partial charge in [-0.25, -0.2) is 19.2 Å². The lowest BCUT2D eigenvalue weighted by atomic mass is 10.1. The molecule has 0 saturated heterocycles. The predicted octanol–water partition coefficient (Wildman–Crippen LogP) is 9.74. The Morgan fingerprint density at radius 1 is 0.270 bits per heavy atom. The monoisotopic (exact) mass is 1590 g/mol. The number of aromatic carboxylic acids is 4. The van der Waals surface area contributed by atoms with Crippen LogP contribution in [0.25, 0.3) is 0 Å². The molecule has 0 bridgehead atoms. The molecule has 0 atom stereocenters. The van der Waals surface area contributed by atoms with E-state index in [1.54, 1.807) is 56.3 Å². The molecule has 0 aliphatic rings. The van der Waals surface area contributed by atoms with Crippen LogP contribution < -0.4 is 26.6 Å². The van der Waals surface area contributed by atoms with E-state index in [9.17, 15) is 125 Å². The number of anilines is 5. The van der Waals surface area contributed by atoms with Crippen LogP contribution in [0.15, 0.2) is 170 Å². The summed E-state index contributed by atoms with van der Waals surface area (Å²) < 4.78 is 0. The highest BCUT2D eigenvalue weighted by atomic mass is 16.4. The number of aryl methyl sites for hydroxylation is 2. The highest BCUT2D eigenvalue weighted by Gasteiger charge is 2.22. The Hall–Kier alpha value is -16.1. The number of rotatable bonds is 23. The highest BCUT2D eigenvalue weighted by molar-refractivity contribution is 5.99. The number of nitrogens with one attached hydrogen (secondary N) is 5. The Balaban J connectivity index is 0.000000224. The van der Waals surface area contributed by atoms with Crippen molar-refractivity contribution in [1.82, 2.24) is 0 Å². The summed E-state index contributed by atoms with van der Waals surface area (Å²) >= 11 is 0. The number of carbonyl (C=O) groups is 10. The van der Waals surface area contributed by atoms with Gasteiger partial charge in [0.15, 0.2) is 57.5 Å². The molecule has 600 valence electrons. The number of phenolic OH excluding ortho intramolecular Hbond substituents is 15. The van der Waals surface area contributed by atoms with Crippen LogP contribution in [0.1, 0.15) is 98.8 Å². The van der Waals surface area contributed by atoms with E-state index >= 15 is 0 Å². The standard InChI is InChI=1S/C17H17NO6.3C16H15NO6.C15H13NO6/c1-9-11(17(23)24)3-2-4-12(9)18-14(20)8-6-10-5-7-13(19)16(22)15(10)21;1-8-10(16(22)23)3-2-4-11(8)17-13(19)7-9-5-6-12(18)15(21)14(9)20;18-12-6-4-9(14(20)15(12)21)5-7-13(19)17-11-3-1-2-10(8-11)16(22)23;18-12-5-4-10(15(22)16(12)23)8-13(19)17-11-3-1-2-9(6-11)7-14(20)21;17-11-5-4-8(13(19)14(11)20)7-12(18)16-10-3-1-2-9(6-10)15(21)22/h2-5,7,19,21-22H,6,8H2,1H3,(H,18,20)(H,23,24);2-6,18,20-21H,7H2,1H3,(H,17,19)(H,22,23);1-4,6,8,18,20-21H,5,7H2,(H,17,19)(H,22,23);1-6,18,22-23H,7-8H2,(H,17,19)(H,20,21);1-6,17,19-20H,7H2,(H,16,18)(H,21,22). The Bertz CT molecular complexity index is 5350. The Morgan fingerprint density at radius 2 is 0.548 bits per heavy atom. The predicted molar refractivity (Wildman–Crippen MR) is 409 cm³/mol. The molecule has 10 aromatic carbocycles. The zero-order valence-electron chi connectivity index (χ0n) is 60.3. The number of carboxylic acid groups (broad SMARTS) is 5. The fraction of sp³-hybridized carbons (Fsp3) is 0.125. The molecule has 0 aliphatic carbocycles. The quantitative estimate of drug-likeness (QED) is 0.0265. The van der Waals surface area contributed by atoms with Crippen molar-refractivity contribution in [3.63, 3.8) is 0 Å². The molecular formula is C80H75N5O30. The molecule has 10 rings (SSSR count). The van der Waals surface area contributed by atoms with E-state index in [4.69, 9.17) is 25.5 Å². The van der Waals surface area contributed by atoms with Crippen molar-refractivity contribution in [2.24, 2.45) is 0 Å². The number of phenols is 15. The first-order valence-corrected chi connectivity index (χ1v) is 33.5. The maximum absolute atomic E-state index is 12.0. The third-order valence-electron chi connectivity index (χ3n) is 16.4. The van der Waals surface area contributed by atoms with Gasteiger partial charge in [-0.15, -0.1) is 0 Å². The van der Waals surface area contributed by atoms with Crippen molar-refractivity contribution in [2.45, 2.75) is 65.2 Å². The molecule has 35 nitrogen and oxygen atoms in total. The number of hydrogen-bond acceptors (Lipinski definition) is 25. The van der Waals surface area contributed by atoms with Gasteiger partial charge in [0.25, 0.3) is 0 Å². The average molecular weight is 1590 g/mol. The van der Waals surface area contributed by atoms with Gasteiger partial charge in [-0.05, 0) is 158 Å².